The highest BCUT2D eigenvalue weighted by Gasteiger charge is 2.14. The highest BCUT2D eigenvalue weighted by atomic mass is 16.2. The van der Waals surface area contributed by atoms with Crippen molar-refractivity contribution in [2.75, 3.05) is 25.0 Å². The number of rotatable bonds is 5. The zero-order chi connectivity index (χ0) is 13.7. The third-order valence-electron chi connectivity index (χ3n) is 3.32. The Morgan fingerprint density at radius 2 is 1.89 bits per heavy atom. The fourth-order valence-corrected chi connectivity index (χ4v) is 2.29. The van der Waals surface area contributed by atoms with Crippen molar-refractivity contribution in [1.82, 2.24) is 4.90 Å². The summed E-state index contributed by atoms with van der Waals surface area (Å²) in [6.07, 6.45) is 2.87. The Labute approximate surface area is 112 Å². The lowest BCUT2D eigenvalue weighted by Crippen LogP contribution is -2.25. The molecule has 5 nitrogen and oxygen atoms in total. The molecule has 0 spiro atoms. The monoisotopic (exact) mass is 261 g/mol. The molecule has 2 amide bonds. The molecule has 3 N–H and O–H groups in total. The zero-order valence-electron chi connectivity index (χ0n) is 10.9. The van der Waals surface area contributed by atoms with Crippen LogP contribution in [-0.2, 0) is 4.79 Å². The summed E-state index contributed by atoms with van der Waals surface area (Å²) in [4.78, 5) is 25.4. The number of nitrogens with zero attached hydrogens (tertiary/aromatic N) is 1. The lowest BCUT2D eigenvalue weighted by atomic mass is 10.1. The van der Waals surface area contributed by atoms with E-state index in [0.29, 0.717) is 17.7 Å². The summed E-state index contributed by atoms with van der Waals surface area (Å²) in [5.74, 6) is -0.615. The molecule has 0 aromatic heterocycles. The SMILES string of the molecule is NC(=O)c1ccccc1NC(=O)CCN1CCCC1. The minimum absolute atomic E-state index is 0.0828. The van der Waals surface area contributed by atoms with E-state index in [9.17, 15) is 9.59 Å². The number of nitrogens with two attached hydrogens (primary N) is 1. The van der Waals surface area contributed by atoms with Gasteiger partial charge in [0.2, 0.25) is 5.91 Å². The Bertz CT molecular complexity index is 468. The molecule has 0 aliphatic carbocycles. The molecule has 1 fully saturated rings. The molecule has 1 saturated heterocycles. The van der Waals surface area contributed by atoms with E-state index in [1.165, 1.54) is 12.8 Å². The van der Waals surface area contributed by atoms with Gasteiger partial charge in [-0.1, -0.05) is 12.1 Å². The number of primary amides is 1. The van der Waals surface area contributed by atoms with Crippen LogP contribution < -0.4 is 11.1 Å². The lowest BCUT2D eigenvalue weighted by Gasteiger charge is -2.14. The van der Waals surface area contributed by atoms with Crippen LogP contribution in [0.25, 0.3) is 0 Å². The zero-order valence-corrected chi connectivity index (χ0v) is 10.9. The molecule has 1 aliphatic heterocycles. The lowest BCUT2D eigenvalue weighted by molar-refractivity contribution is -0.116. The minimum atomic E-state index is -0.532. The summed E-state index contributed by atoms with van der Waals surface area (Å²) in [7, 11) is 0. The number of carbonyl (C=O) groups excluding carboxylic acids is 2. The summed E-state index contributed by atoms with van der Waals surface area (Å²) in [6.45, 7) is 2.92. The molecular formula is C14H19N3O2. The number of anilines is 1. The maximum atomic E-state index is 11.9. The van der Waals surface area contributed by atoms with Crippen LogP contribution in [0.15, 0.2) is 24.3 Å². The fourth-order valence-electron chi connectivity index (χ4n) is 2.29. The van der Waals surface area contributed by atoms with E-state index in [-0.39, 0.29) is 5.91 Å². The molecule has 1 aromatic carbocycles. The van der Waals surface area contributed by atoms with Gasteiger partial charge in [0, 0.05) is 13.0 Å². The highest BCUT2D eigenvalue weighted by Crippen LogP contribution is 2.15. The van der Waals surface area contributed by atoms with Crippen LogP contribution in [0, 0.1) is 0 Å². The van der Waals surface area contributed by atoms with Crippen molar-refractivity contribution in [3.05, 3.63) is 29.8 Å². The Morgan fingerprint density at radius 3 is 2.58 bits per heavy atom. The van der Waals surface area contributed by atoms with Crippen LogP contribution >= 0.6 is 0 Å². The van der Waals surface area contributed by atoms with Crippen LogP contribution in [0.3, 0.4) is 0 Å². The van der Waals surface area contributed by atoms with Crippen molar-refractivity contribution >= 4 is 17.5 Å². The summed E-state index contributed by atoms with van der Waals surface area (Å²) in [5.41, 5.74) is 6.10. The van der Waals surface area contributed by atoms with Crippen molar-refractivity contribution in [3.63, 3.8) is 0 Å². The van der Waals surface area contributed by atoms with Gasteiger partial charge in [-0.15, -0.1) is 0 Å². The van der Waals surface area contributed by atoms with Crippen molar-refractivity contribution < 1.29 is 9.59 Å². The molecule has 1 heterocycles. The first kappa shape index (κ1) is 13.5. The Hall–Kier alpha value is -1.88. The van der Waals surface area contributed by atoms with Crippen molar-refractivity contribution in [2.45, 2.75) is 19.3 Å². The number of benzene rings is 1. The van der Waals surface area contributed by atoms with Crippen LogP contribution in [0.2, 0.25) is 0 Å². The van der Waals surface area contributed by atoms with Crippen molar-refractivity contribution in [1.29, 1.82) is 0 Å². The van der Waals surface area contributed by atoms with E-state index in [2.05, 4.69) is 10.2 Å². The second-order valence-electron chi connectivity index (χ2n) is 4.76. The Morgan fingerprint density at radius 1 is 1.21 bits per heavy atom. The van der Waals surface area contributed by atoms with Gasteiger partial charge in [-0.25, -0.2) is 0 Å². The number of amides is 2. The van der Waals surface area contributed by atoms with Crippen LogP contribution in [0.5, 0.6) is 0 Å². The smallest absolute Gasteiger partial charge is 0.250 e. The molecule has 0 bridgehead atoms. The molecule has 0 radical (unpaired) electrons. The van der Waals surface area contributed by atoms with E-state index in [1.807, 2.05) is 0 Å². The third kappa shape index (κ3) is 3.79. The number of likely N-dealkylation sites (tertiary alicyclic amines) is 1. The summed E-state index contributed by atoms with van der Waals surface area (Å²) in [6, 6.07) is 6.79. The number of hydrogen-bond donors (Lipinski definition) is 2. The third-order valence-corrected chi connectivity index (χ3v) is 3.32. The quantitative estimate of drug-likeness (QED) is 0.836. The summed E-state index contributed by atoms with van der Waals surface area (Å²) < 4.78 is 0. The van der Waals surface area contributed by atoms with Gasteiger partial charge in [0.15, 0.2) is 0 Å². The van der Waals surface area contributed by atoms with Crippen LogP contribution in [0.4, 0.5) is 5.69 Å². The molecule has 1 aromatic rings. The molecule has 102 valence electrons. The molecule has 0 saturated carbocycles. The second-order valence-corrected chi connectivity index (χ2v) is 4.76. The van der Waals surface area contributed by atoms with Gasteiger partial charge in [0.1, 0.15) is 0 Å². The average Bonchev–Trinajstić information content (AvgIpc) is 2.90. The molecule has 0 atom stereocenters. The number of para-hydroxylation sites is 1. The van der Waals surface area contributed by atoms with Gasteiger partial charge in [-0.05, 0) is 38.1 Å². The largest absolute Gasteiger partial charge is 0.366 e. The first-order valence-corrected chi connectivity index (χ1v) is 6.58. The Balaban J connectivity index is 1.89. The first-order valence-electron chi connectivity index (χ1n) is 6.58. The minimum Gasteiger partial charge on any atom is -0.366 e. The molecule has 5 heteroatoms. The maximum Gasteiger partial charge on any atom is 0.250 e. The normalized spacial score (nSPS) is 15.4. The van der Waals surface area contributed by atoms with Gasteiger partial charge in [0.05, 0.1) is 11.3 Å². The molecular weight excluding hydrogens is 242 g/mol. The topological polar surface area (TPSA) is 75.4 Å². The molecule has 2 rings (SSSR count). The number of carbonyl (C=O) groups is 2. The van der Waals surface area contributed by atoms with Crippen molar-refractivity contribution in [2.24, 2.45) is 5.73 Å². The maximum absolute atomic E-state index is 11.9. The molecule has 1 aliphatic rings. The molecule has 19 heavy (non-hydrogen) atoms. The molecule has 0 unspecified atom stereocenters. The van der Waals surface area contributed by atoms with Gasteiger partial charge in [-0.2, -0.15) is 0 Å². The second kappa shape index (κ2) is 6.33. The fraction of sp³-hybridized carbons (Fsp3) is 0.429. The van der Waals surface area contributed by atoms with E-state index < -0.39 is 5.91 Å². The van der Waals surface area contributed by atoms with Gasteiger partial charge in [0.25, 0.3) is 5.91 Å². The Kier molecular flexibility index (Phi) is 4.52. The van der Waals surface area contributed by atoms with Crippen molar-refractivity contribution in [3.8, 4) is 0 Å². The first-order chi connectivity index (χ1) is 9.16. The number of hydrogen-bond acceptors (Lipinski definition) is 3. The standard InChI is InChI=1S/C14H19N3O2/c15-14(19)11-5-1-2-6-12(11)16-13(18)7-10-17-8-3-4-9-17/h1-2,5-6H,3-4,7-10H2,(H2,15,19)(H,16,18). The van der Waals surface area contributed by atoms with Gasteiger partial charge in [-0.3, -0.25) is 9.59 Å². The highest BCUT2D eigenvalue weighted by molar-refractivity contribution is 6.02. The van der Waals surface area contributed by atoms with E-state index in [4.69, 9.17) is 5.73 Å². The van der Waals surface area contributed by atoms with E-state index in [1.54, 1.807) is 24.3 Å². The van der Waals surface area contributed by atoms with Crippen LogP contribution in [-0.4, -0.2) is 36.3 Å². The van der Waals surface area contributed by atoms with Crippen LogP contribution in [0.1, 0.15) is 29.6 Å². The summed E-state index contributed by atoms with van der Waals surface area (Å²) in [5, 5.41) is 2.75. The van der Waals surface area contributed by atoms with Gasteiger partial charge >= 0.3 is 0 Å². The average molecular weight is 261 g/mol. The predicted molar refractivity (Wildman–Crippen MR) is 73.9 cm³/mol. The van der Waals surface area contributed by atoms with Gasteiger partial charge < -0.3 is 16.0 Å². The number of nitrogens with one attached hydrogen (secondary N) is 1. The van der Waals surface area contributed by atoms with E-state index >= 15 is 0 Å². The predicted octanol–water partition coefficient (Wildman–Crippen LogP) is 1.21. The summed E-state index contributed by atoms with van der Waals surface area (Å²) >= 11 is 0. The van der Waals surface area contributed by atoms with E-state index in [0.717, 1.165) is 19.6 Å².